The number of carbonyl (C=O) groups excluding carboxylic acids is 1. The molecule has 0 fully saturated rings. The lowest BCUT2D eigenvalue weighted by atomic mass is 9.96. The highest BCUT2D eigenvalue weighted by molar-refractivity contribution is 6.06. The quantitative estimate of drug-likeness (QED) is 0.301. The Hall–Kier alpha value is -4.19. The molecule has 0 spiro atoms. The molecule has 6 nitrogen and oxygen atoms in total. The number of carbonyl (C=O) groups is 1. The molecular weight excluding hydrogens is 442 g/mol. The van der Waals surface area contributed by atoms with E-state index in [1.807, 2.05) is 69.3 Å². The molecule has 35 heavy (non-hydrogen) atoms. The van der Waals surface area contributed by atoms with Gasteiger partial charge in [0.25, 0.3) is 0 Å². The number of methoxy groups -OCH3 is 3. The van der Waals surface area contributed by atoms with E-state index >= 15 is 0 Å². The Morgan fingerprint density at radius 1 is 0.943 bits per heavy atom. The molecular formula is C29H29NO5. The Morgan fingerprint density at radius 3 is 2.40 bits per heavy atom. The predicted molar refractivity (Wildman–Crippen MR) is 140 cm³/mol. The minimum Gasteiger partial charge on any atom is -0.497 e. The van der Waals surface area contributed by atoms with Crippen LogP contribution in [0.3, 0.4) is 0 Å². The second-order valence-electron chi connectivity index (χ2n) is 8.31. The number of amides is 1. The molecule has 1 N–H and O–H groups in total. The first kappa shape index (κ1) is 24.0. The number of benzene rings is 3. The van der Waals surface area contributed by atoms with Gasteiger partial charge in [0, 0.05) is 39.4 Å². The second-order valence-corrected chi connectivity index (χ2v) is 8.31. The molecule has 0 saturated heterocycles. The van der Waals surface area contributed by atoms with Crippen LogP contribution < -0.4 is 19.5 Å². The molecule has 1 aromatic heterocycles. The van der Waals surface area contributed by atoms with E-state index in [-0.39, 0.29) is 5.91 Å². The molecule has 0 unspecified atom stereocenters. The number of ether oxygens (including phenoxy) is 3. The topological polar surface area (TPSA) is 69.9 Å². The molecule has 0 bridgehead atoms. The lowest BCUT2D eigenvalue weighted by Crippen LogP contribution is -2.09. The Kier molecular flexibility index (Phi) is 6.82. The van der Waals surface area contributed by atoms with Crippen LogP contribution in [0.4, 0.5) is 5.69 Å². The van der Waals surface area contributed by atoms with Crippen molar-refractivity contribution in [2.45, 2.75) is 20.8 Å². The molecule has 6 heteroatoms. The smallest absolute Gasteiger partial charge is 0.248 e. The summed E-state index contributed by atoms with van der Waals surface area (Å²) in [6.45, 7) is 5.80. The van der Waals surface area contributed by atoms with Crippen LogP contribution in [0.2, 0.25) is 0 Å². The van der Waals surface area contributed by atoms with Crippen LogP contribution in [0.25, 0.3) is 27.7 Å². The zero-order chi connectivity index (χ0) is 25.1. The molecule has 4 rings (SSSR count). The summed E-state index contributed by atoms with van der Waals surface area (Å²) in [6.07, 6.45) is 3.30. The summed E-state index contributed by atoms with van der Waals surface area (Å²) < 4.78 is 22.8. The molecule has 0 saturated carbocycles. The number of para-hydroxylation sites is 1. The van der Waals surface area contributed by atoms with Gasteiger partial charge in [0.15, 0.2) is 0 Å². The van der Waals surface area contributed by atoms with Crippen molar-refractivity contribution in [3.05, 3.63) is 77.6 Å². The first-order chi connectivity index (χ1) is 16.9. The minimum atomic E-state index is -0.210. The van der Waals surface area contributed by atoms with Gasteiger partial charge in [0.05, 0.1) is 27.6 Å². The van der Waals surface area contributed by atoms with Crippen molar-refractivity contribution >= 4 is 28.1 Å². The third kappa shape index (κ3) is 4.60. The molecule has 0 atom stereocenters. The van der Waals surface area contributed by atoms with Gasteiger partial charge in [-0.3, -0.25) is 4.79 Å². The van der Waals surface area contributed by atoms with Gasteiger partial charge in [-0.05, 0) is 62.2 Å². The molecule has 0 aliphatic carbocycles. The zero-order valence-electron chi connectivity index (χ0n) is 20.8. The summed E-state index contributed by atoms with van der Waals surface area (Å²) in [5.74, 6) is 1.87. The van der Waals surface area contributed by atoms with Crippen LogP contribution in [0.1, 0.15) is 23.6 Å². The molecule has 1 amide bonds. The standard InChI is InChI=1S/C29H29NO5/c1-17-9-7-8-10-25(17)30-27(31)13-18(2)21-15-23-24(16-35-29(23)19(3)28(21)34-6)22-14-20(32-4)11-12-26(22)33-5/h7-16H,1-6H3,(H,30,31)/b18-13+. The van der Waals surface area contributed by atoms with Gasteiger partial charge in [-0.25, -0.2) is 0 Å². The monoisotopic (exact) mass is 471 g/mol. The van der Waals surface area contributed by atoms with Crippen molar-refractivity contribution < 1.29 is 23.4 Å². The van der Waals surface area contributed by atoms with Crippen LogP contribution >= 0.6 is 0 Å². The molecule has 0 aliphatic rings. The molecule has 3 aromatic carbocycles. The van der Waals surface area contributed by atoms with Crippen LogP contribution in [-0.2, 0) is 4.79 Å². The molecule has 0 aliphatic heterocycles. The highest BCUT2D eigenvalue weighted by Crippen LogP contribution is 2.43. The maximum absolute atomic E-state index is 12.8. The normalized spacial score (nSPS) is 11.4. The van der Waals surface area contributed by atoms with Gasteiger partial charge < -0.3 is 23.9 Å². The van der Waals surface area contributed by atoms with E-state index in [9.17, 15) is 4.79 Å². The summed E-state index contributed by atoms with van der Waals surface area (Å²) >= 11 is 0. The number of aryl methyl sites for hydroxylation is 2. The van der Waals surface area contributed by atoms with Gasteiger partial charge in [-0.2, -0.15) is 0 Å². The maximum Gasteiger partial charge on any atom is 0.248 e. The average molecular weight is 472 g/mol. The van der Waals surface area contributed by atoms with E-state index in [1.54, 1.807) is 33.7 Å². The Bertz CT molecular complexity index is 1430. The first-order valence-electron chi connectivity index (χ1n) is 11.2. The van der Waals surface area contributed by atoms with E-state index in [0.717, 1.165) is 44.5 Å². The number of fused-ring (bicyclic) bond motifs is 1. The van der Waals surface area contributed by atoms with Gasteiger partial charge in [-0.1, -0.05) is 18.2 Å². The lowest BCUT2D eigenvalue weighted by Gasteiger charge is -2.14. The van der Waals surface area contributed by atoms with E-state index in [1.165, 1.54) is 0 Å². The number of nitrogens with one attached hydrogen (secondary N) is 1. The Labute approximate surface area is 205 Å². The fraction of sp³-hybridized carbons (Fsp3) is 0.207. The Balaban J connectivity index is 1.82. The molecule has 4 aromatic rings. The largest absolute Gasteiger partial charge is 0.497 e. The second kappa shape index (κ2) is 9.97. The van der Waals surface area contributed by atoms with Crippen molar-refractivity contribution in [2.24, 2.45) is 0 Å². The van der Waals surface area contributed by atoms with E-state index in [0.29, 0.717) is 22.8 Å². The summed E-state index contributed by atoms with van der Waals surface area (Å²) in [5.41, 5.74) is 6.62. The number of hydrogen-bond acceptors (Lipinski definition) is 5. The lowest BCUT2D eigenvalue weighted by molar-refractivity contribution is -0.111. The third-order valence-corrected chi connectivity index (χ3v) is 6.12. The van der Waals surface area contributed by atoms with Gasteiger partial charge in [0.2, 0.25) is 5.91 Å². The maximum atomic E-state index is 12.8. The summed E-state index contributed by atoms with van der Waals surface area (Å²) in [5, 5.41) is 3.84. The average Bonchev–Trinajstić information content (AvgIpc) is 3.29. The van der Waals surface area contributed by atoms with Crippen LogP contribution in [0.15, 0.2) is 65.3 Å². The highest BCUT2D eigenvalue weighted by atomic mass is 16.5. The van der Waals surface area contributed by atoms with E-state index < -0.39 is 0 Å². The molecule has 0 radical (unpaired) electrons. The molecule has 1 heterocycles. The molecule has 180 valence electrons. The third-order valence-electron chi connectivity index (χ3n) is 6.12. The predicted octanol–water partition coefficient (Wildman–Crippen LogP) is 6.78. The number of furan rings is 1. The van der Waals surface area contributed by atoms with Crippen molar-refractivity contribution in [3.63, 3.8) is 0 Å². The van der Waals surface area contributed by atoms with Crippen LogP contribution in [0, 0.1) is 13.8 Å². The first-order valence-corrected chi connectivity index (χ1v) is 11.2. The van der Waals surface area contributed by atoms with Crippen molar-refractivity contribution in [1.82, 2.24) is 0 Å². The SMILES string of the molecule is COc1ccc(OC)c(-c2coc3c(C)c(OC)c(/C(C)=C/C(=O)Nc4ccccc4C)cc23)c1. The van der Waals surface area contributed by atoms with Crippen LogP contribution in [0.5, 0.6) is 17.2 Å². The van der Waals surface area contributed by atoms with Crippen molar-refractivity contribution in [1.29, 1.82) is 0 Å². The Morgan fingerprint density at radius 2 is 1.71 bits per heavy atom. The van der Waals surface area contributed by atoms with E-state index in [4.69, 9.17) is 18.6 Å². The summed E-state index contributed by atoms with van der Waals surface area (Å²) in [7, 11) is 4.88. The van der Waals surface area contributed by atoms with Gasteiger partial charge >= 0.3 is 0 Å². The van der Waals surface area contributed by atoms with Crippen molar-refractivity contribution in [3.8, 4) is 28.4 Å². The fourth-order valence-corrected chi connectivity index (χ4v) is 4.26. The van der Waals surface area contributed by atoms with Gasteiger partial charge in [0.1, 0.15) is 22.8 Å². The van der Waals surface area contributed by atoms with Crippen molar-refractivity contribution in [2.75, 3.05) is 26.6 Å². The highest BCUT2D eigenvalue weighted by Gasteiger charge is 2.21. The summed E-state index contributed by atoms with van der Waals surface area (Å²) in [4.78, 5) is 12.8. The fourth-order valence-electron chi connectivity index (χ4n) is 4.26. The van der Waals surface area contributed by atoms with E-state index in [2.05, 4.69) is 5.32 Å². The number of hydrogen-bond donors (Lipinski definition) is 1. The zero-order valence-corrected chi connectivity index (χ0v) is 20.8. The van der Waals surface area contributed by atoms with Gasteiger partial charge in [-0.15, -0.1) is 0 Å². The number of anilines is 1. The summed E-state index contributed by atoms with van der Waals surface area (Å²) in [6, 6.07) is 15.3. The number of rotatable bonds is 7. The van der Waals surface area contributed by atoms with Crippen LogP contribution in [-0.4, -0.2) is 27.2 Å². The number of allylic oxidation sites excluding steroid dienone is 1. The minimum absolute atomic E-state index is 0.210.